The summed E-state index contributed by atoms with van der Waals surface area (Å²) in [5.41, 5.74) is 1.81. The lowest BCUT2D eigenvalue weighted by atomic mass is 10.2. The summed E-state index contributed by atoms with van der Waals surface area (Å²) in [6, 6.07) is 11.2. The largest absolute Gasteiger partial charge is 0.495 e. The first-order valence-electron chi connectivity index (χ1n) is 8.57. The van der Waals surface area contributed by atoms with E-state index in [4.69, 9.17) is 4.74 Å². The van der Waals surface area contributed by atoms with E-state index in [0.717, 1.165) is 12.0 Å². The molecule has 0 fully saturated rings. The average molecular weight is 355 g/mol. The lowest BCUT2D eigenvalue weighted by molar-refractivity contribution is -0.129. The molecule has 2 aromatic rings. The minimum atomic E-state index is -0.123. The first-order valence-corrected chi connectivity index (χ1v) is 8.57. The van der Waals surface area contributed by atoms with Gasteiger partial charge < -0.3 is 14.5 Å². The van der Waals surface area contributed by atoms with Gasteiger partial charge >= 0.3 is 0 Å². The number of rotatable bonds is 8. The summed E-state index contributed by atoms with van der Waals surface area (Å²) >= 11 is 0. The number of aromatic nitrogens is 1. The number of methoxy groups -OCH3 is 1. The first kappa shape index (κ1) is 19.4. The molecule has 0 bridgehead atoms. The van der Waals surface area contributed by atoms with Crippen molar-refractivity contribution >= 4 is 17.5 Å². The van der Waals surface area contributed by atoms with Crippen LogP contribution in [0.25, 0.3) is 0 Å². The molecule has 26 heavy (non-hydrogen) atoms. The first-order chi connectivity index (χ1) is 12.5. The number of amides is 2. The molecule has 1 aromatic carbocycles. The monoisotopic (exact) mass is 355 g/mol. The third kappa shape index (κ3) is 5.31. The van der Waals surface area contributed by atoms with E-state index in [1.165, 1.54) is 6.92 Å². The zero-order valence-electron chi connectivity index (χ0n) is 15.5. The molecule has 0 radical (unpaired) electrons. The second-order valence-electron chi connectivity index (χ2n) is 6.01. The molecule has 2 amide bonds. The lowest BCUT2D eigenvalue weighted by Crippen LogP contribution is -2.35. The molecule has 1 aromatic heterocycles. The maximum Gasteiger partial charge on any atom is 0.224 e. The third-order valence-corrected chi connectivity index (χ3v) is 4.22. The lowest BCUT2D eigenvalue weighted by Gasteiger charge is -2.24. The number of pyridine rings is 1. The van der Waals surface area contributed by atoms with Crippen molar-refractivity contribution < 1.29 is 14.3 Å². The van der Waals surface area contributed by atoms with Crippen LogP contribution in [0, 0.1) is 0 Å². The Hall–Kier alpha value is -2.89. The van der Waals surface area contributed by atoms with E-state index in [1.807, 2.05) is 30.3 Å². The zero-order valence-corrected chi connectivity index (χ0v) is 15.5. The van der Waals surface area contributed by atoms with Crippen molar-refractivity contribution in [1.29, 1.82) is 0 Å². The van der Waals surface area contributed by atoms with Gasteiger partial charge in [-0.3, -0.25) is 14.6 Å². The summed E-state index contributed by atoms with van der Waals surface area (Å²) in [6.07, 6.45) is 4.52. The molecular formula is C20H25N3O3. The van der Waals surface area contributed by atoms with Gasteiger partial charge in [-0.2, -0.15) is 0 Å². The molecule has 2 rings (SSSR count). The van der Waals surface area contributed by atoms with Crippen LogP contribution in [0.15, 0.2) is 48.8 Å². The predicted octanol–water partition coefficient (Wildman–Crippen LogP) is 2.53. The van der Waals surface area contributed by atoms with Crippen LogP contribution >= 0.6 is 0 Å². The normalized spacial score (nSPS) is 10.3. The van der Waals surface area contributed by atoms with Crippen molar-refractivity contribution in [3.63, 3.8) is 0 Å². The fourth-order valence-electron chi connectivity index (χ4n) is 2.67. The standard InChI is InChI=1S/C20H25N3O3/c1-16(24)23(18-6-4-5-7-19(18)26-3)15-11-20(25)22(2)14-10-17-8-12-21-13-9-17/h4-9,12-13H,10-11,14-15H2,1-3H3. The maximum atomic E-state index is 12.4. The summed E-state index contributed by atoms with van der Waals surface area (Å²) < 4.78 is 5.32. The van der Waals surface area contributed by atoms with Gasteiger partial charge in [0.1, 0.15) is 5.75 Å². The molecule has 0 saturated carbocycles. The van der Waals surface area contributed by atoms with Crippen molar-refractivity contribution in [2.24, 2.45) is 0 Å². The summed E-state index contributed by atoms with van der Waals surface area (Å²) in [6.45, 7) is 2.43. The average Bonchev–Trinajstić information content (AvgIpc) is 2.67. The van der Waals surface area contributed by atoms with Gasteiger partial charge in [0.2, 0.25) is 11.8 Å². The van der Waals surface area contributed by atoms with Crippen LogP contribution in [0.4, 0.5) is 5.69 Å². The molecule has 0 aliphatic heterocycles. The van der Waals surface area contributed by atoms with Crippen LogP contribution in [-0.4, -0.2) is 48.9 Å². The minimum Gasteiger partial charge on any atom is -0.495 e. The van der Waals surface area contributed by atoms with E-state index in [1.54, 1.807) is 42.4 Å². The molecule has 0 aliphatic rings. The Morgan fingerprint density at radius 2 is 1.77 bits per heavy atom. The third-order valence-electron chi connectivity index (χ3n) is 4.22. The van der Waals surface area contributed by atoms with Crippen LogP contribution in [0.3, 0.4) is 0 Å². The zero-order chi connectivity index (χ0) is 18.9. The number of hydrogen-bond acceptors (Lipinski definition) is 4. The summed E-state index contributed by atoms with van der Waals surface area (Å²) in [5, 5.41) is 0. The van der Waals surface area contributed by atoms with Crippen LogP contribution in [0.5, 0.6) is 5.75 Å². The molecule has 6 heteroatoms. The topological polar surface area (TPSA) is 62.7 Å². The Bertz CT molecular complexity index is 734. The number of para-hydroxylation sites is 2. The van der Waals surface area contributed by atoms with Crippen molar-refractivity contribution in [2.45, 2.75) is 19.8 Å². The quantitative estimate of drug-likeness (QED) is 0.730. The maximum absolute atomic E-state index is 12.4. The molecule has 0 aliphatic carbocycles. The van der Waals surface area contributed by atoms with Gasteiger partial charge in [-0.25, -0.2) is 0 Å². The van der Waals surface area contributed by atoms with E-state index in [2.05, 4.69) is 4.98 Å². The van der Waals surface area contributed by atoms with Gasteiger partial charge in [0, 0.05) is 45.9 Å². The second-order valence-corrected chi connectivity index (χ2v) is 6.01. The van der Waals surface area contributed by atoms with Gasteiger partial charge in [-0.1, -0.05) is 12.1 Å². The molecular weight excluding hydrogens is 330 g/mol. The minimum absolute atomic E-state index is 0.000189. The van der Waals surface area contributed by atoms with E-state index in [9.17, 15) is 9.59 Å². The van der Waals surface area contributed by atoms with E-state index in [-0.39, 0.29) is 18.2 Å². The number of carbonyl (C=O) groups is 2. The van der Waals surface area contributed by atoms with Crippen molar-refractivity contribution in [1.82, 2.24) is 9.88 Å². The van der Waals surface area contributed by atoms with Gasteiger partial charge in [0.25, 0.3) is 0 Å². The van der Waals surface area contributed by atoms with Gasteiger partial charge in [-0.05, 0) is 36.2 Å². The van der Waals surface area contributed by atoms with Crippen molar-refractivity contribution in [2.75, 3.05) is 32.1 Å². The number of nitrogens with zero attached hydrogens (tertiary/aromatic N) is 3. The summed E-state index contributed by atoms with van der Waals surface area (Å²) in [7, 11) is 3.35. The predicted molar refractivity (Wildman–Crippen MR) is 101 cm³/mol. The summed E-state index contributed by atoms with van der Waals surface area (Å²) in [4.78, 5) is 31.7. The highest BCUT2D eigenvalue weighted by Crippen LogP contribution is 2.27. The van der Waals surface area contributed by atoms with Crippen molar-refractivity contribution in [3.05, 3.63) is 54.4 Å². The van der Waals surface area contributed by atoms with Gasteiger partial charge in [-0.15, -0.1) is 0 Å². The fourth-order valence-corrected chi connectivity index (χ4v) is 2.67. The van der Waals surface area contributed by atoms with Gasteiger partial charge in [0.15, 0.2) is 0 Å². The van der Waals surface area contributed by atoms with E-state index >= 15 is 0 Å². The number of hydrogen-bond donors (Lipinski definition) is 0. The Balaban J connectivity index is 1.93. The smallest absolute Gasteiger partial charge is 0.224 e. The molecule has 0 saturated heterocycles. The highest BCUT2D eigenvalue weighted by molar-refractivity contribution is 5.93. The molecule has 138 valence electrons. The second kappa shape index (κ2) is 9.56. The van der Waals surface area contributed by atoms with E-state index in [0.29, 0.717) is 24.5 Å². The number of likely N-dealkylation sites (N-methyl/N-ethyl adjacent to an activating group) is 1. The van der Waals surface area contributed by atoms with Crippen LogP contribution in [0.2, 0.25) is 0 Å². The summed E-state index contributed by atoms with van der Waals surface area (Å²) in [5.74, 6) is 0.489. The van der Waals surface area contributed by atoms with Gasteiger partial charge in [0.05, 0.1) is 12.8 Å². The highest BCUT2D eigenvalue weighted by atomic mass is 16.5. The number of carbonyl (C=O) groups excluding carboxylic acids is 2. The number of benzene rings is 1. The number of anilines is 1. The molecule has 0 unspecified atom stereocenters. The molecule has 0 spiro atoms. The van der Waals surface area contributed by atoms with E-state index < -0.39 is 0 Å². The van der Waals surface area contributed by atoms with Crippen molar-refractivity contribution in [3.8, 4) is 5.75 Å². The van der Waals surface area contributed by atoms with Crippen LogP contribution < -0.4 is 9.64 Å². The molecule has 0 atom stereocenters. The molecule has 1 heterocycles. The Morgan fingerprint density at radius 3 is 2.42 bits per heavy atom. The SMILES string of the molecule is COc1ccccc1N(CCC(=O)N(C)CCc1ccncc1)C(C)=O. The highest BCUT2D eigenvalue weighted by Gasteiger charge is 2.18. The molecule has 0 N–H and O–H groups in total. The fraction of sp³-hybridized carbons (Fsp3) is 0.350. The Kier molecular flexibility index (Phi) is 7.14. The molecule has 6 nitrogen and oxygen atoms in total. The number of ether oxygens (including phenoxy) is 1. The Morgan fingerprint density at radius 1 is 1.08 bits per heavy atom. The Labute approximate surface area is 154 Å². The van der Waals surface area contributed by atoms with Crippen LogP contribution in [0.1, 0.15) is 18.9 Å². The van der Waals surface area contributed by atoms with Crippen LogP contribution in [-0.2, 0) is 16.0 Å².